The molecule has 0 rings (SSSR count). The van der Waals surface area contributed by atoms with Crippen LogP contribution in [0.2, 0.25) is 0 Å². The van der Waals surface area contributed by atoms with Gasteiger partial charge in [0.25, 0.3) is 0 Å². The molecular formula is C6H10O2S. The number of rotatable bonds is 2. The molecule has 0 unspecified atom stereocenters. The van der Waals surface area contributed by atoms with Crippen LogP contribution in [0, 0.1) is 0 Å². The van der Waals surface area contributed by atoms with Crippen molar-refractivity contribution >= 4 is 18.6 Å². The van der Waals surface area contributed by atoms with Crippen molar-refractivity contribution in [3.8, 4) is 0 Å². The van der Waals surface area contributed by atoms with E-state index in [1.807, 2.05) is 0 Å². The summed E-state index contributed by atoms with van der Waals surface area (Å²) in [4.78, 5) is 9.74. The van der Waals surface area contributed by atoms with Crippen LogP contribution in [0.5, 0.6) is 0 Å². The molecule has 0 fully saturated rings. The largest absolute Gasteiger partial charge is 0.446 e. The molecule has 0 atom stereocenters. The van der Waals surface area contributed by atoms with Gasteiger partial charge >= 0.3 is 5.97 Å². The van der Waals surface area contributed by atoms with Gasteiger partial charge in [-0.05, 0) is 13.8 Å². The van der Waals surface area contributed by atoms with Gasteiger partial charge in [-0.25, -0.2) is 4.79 Å². The first-order chi connectivity index (χ1) is 3.95. The smallest absolute Gasteiger partial charge is 0.331 e. The van der Waals surface area contributed by atoms with Gasteiger partial charge in [-0.15, -0.1) is 12.6 Å². The van der Waals surface area contributed by atoms with E-state index in [1.165, 1.54) is 0 Å². The van der Waals surface area contributed by atoms with E-state index in [2.05, 4.69) is 19.2 Å². The molecular weight excluding hydrogens is 136 g/mol. The monoisotopic (exact) mass is 146 g/mol. The van der Waals surface area contributed by atoms with Gasteiger partial charge < -0.3 is 4.74 Å². The summed E-state index contributed by atoms with van der Waals surface area (Å²) in [5.41, 5.74) is 0. The fourth-order valence-electron chi connectivity index (χ4n) is 0.288. The van der Waals surface area contributed by atoms with Crippen LogP contribution in [0.15, 0.2) is 12.7 Å². The molecule has 0 spiro atoms. The third-order valence-electron chi connectivity index (χ3n) is 0.517. The molecule has 0 aliphatic rings. The normalized spacial score (nSPS) is 10.6. The first-order valence-corrected chi connectivity index (χ1v) is 2.98. The minimum Gasteiger partial charge on any atom is -0.446 e. The number of carbonyl (C=O) groups excluding carboxylic acids is 1. The van der Waals surface area contributed by atoms with E-state index in [4.69, 9.17) is 4.74 Å². The fourth-order valence-corrected chi connectivity index (χ4v) is 0.378. The highest BCUT2D eigenvalue weighted by molar-refractivity contribution is 7.81. The number of hydrogen-bond donors (Lipinski definition) is 1. The van der Waals surface area contributed by atoms with Crippen molar-refractivity contribution in [2.45, 2.75) is 18.8 Å². The molecule has 9 heavy (non-hydrogen) atoms. The topological polar surface area (TPSA) is 26.3 Å². The molecule has 0 saturated heterocycles. The second-order valence-electron chi connectivity index (χ2n) is 2.07. The minimum atomic E-state index is -0.703. The lowest BCUT2D eigenvalue weighted by molar-refractivity contribution is -0.143. The summed E-state index contributed by atoms with van der Waals surface area (Å²) in [5, 5.41) is 0. The van der Waals surface area contributed by atoms with Crippen LogP contribution in [-0.2, 0) is 9.53 Å². The molecule has 52 valence electrons. The summed E-state index contributed by atoms with van der Waals surface area (Å²) in [6, 6.07) is 0. The second kappa shape index (κ2) is 2.92. The zero-order valence-corrected chi connectivity index (χ0v) is 6.44. The number of thiol groups is 1. The summed E-state index contributed by atoms with van der Waals surface area (Å²) < 4.78 is 4.69. The molecule has 0 radical (unpaired) electrons. The molecule has 3 heteroatoms. The van der Waals surface area contributed by atoms with Crippen molar-refractivity contribution < 1.29 is 9.53 Å². The lowest BCUT2D eigenvalue weighted by Gasteiger charge is -2.16. The zero-order valence-electron chi connectivity index (χ0n) is 5.55. The van der Waals surface area contributed by atoms with Crippen LogP contribution in [0.4, 0.5) is 0 Å². The van der Waals surface area contributed by atoms with Gasteiger partial charge in [0.05, 0.1) is 0 Å². The molecule has 0 bridgehead atoms. The van der Waals surface area contributed by atoms with E-state index < -0.39 is 10.9 Å². The Kier molecular flexibility index (Phi) is 2.77. The number of hydrogen-bond acceptors (Lipinski definition) is 3. The standard InChI is InChI=1S/C6H10O2S/c1-4-5(7)8-6(2,3)9/h4,9H,1H2,2-3H3. The molecule has 0 aliphatic carbocycles. The molecule has 0 saturated carbocycles. The average molecular weight is 146 g/mol. The maximum atomic E-state index is 10.4. The fraction of sp³-hybridized carbons (Fsp3) is 0.500. The lowest BCUT2D eigenvalue weighted by atomic mass is 10.4. The number of ether oxygens (including phenoxy) is 1. The van der Waals surface area contributed by atoms with Crippen LogP contribution in [-0.4, -0.2) is 10.9 Å². The molecule has 0 aliphatic heterocycles. The van der Waals surface area contributed by atoms with E-state index in [0.29, 0.717) is 0 Å². The zero-order chi connectivity index (χ0) is 7.49. The van der Waals surface area contributed by atoms with Gasteiger partial charge in [0.2, 0.25) is 0 Å². The maximum Gasteiger partial charge on any atom is 0.331 e. The van der Waals surface area contributed by atoms with Gasteiger partial charge in [0, 0.05) is 6.08 Å². The van der Waals surface area contributed by atoms with Gasteiger partial charge in [0.1, 0.15) is 4.93 Å². The number of esters is 1. The third-order valence-corrected chi connectivity index (χ3v) is 0.608. The maximum absolute atomic E-state index is 10.4. The predicted molar refractivity (Wildman–Crippen MR) is 39.4 cm³/mol. The second-order valence-corrected chi connectivity index (χ2v) is 3.15. The van der Waals surface area contributed by atoms with E-state index in [9.17, 15) is 4.79 Å². The molecule has 2 nitrogen and oxygen atoms in total. The van der Waals surface area contributed by atoms with E-state index in [1.54, 1.807) is 13.8 Å². The summed E-state index contributed by atoms with van der Waals surface area (Å²) in [6.45, 7) is 6.59. The highest BCUT2D eigenvalue weighted by Crippen LogP contribution is 2.13. The van der Waals surface area contributed by atoms with Crippen molar-refractivity contribution in [1.29, 1.82) is 0 Å². The highest BCUT2D eigenvalue weighted by Gasteiger charge is 2.14. The summed E-state index contributed by atoms with van der Waals surface area (Å²) >= 11 is 3.96. The van der Waals surface area contributed by atoms with Crippen LogP contribution < -0.4 is 0 Å². The SMILES string of the molecule is C=CC(=O)OC(C)(C)S. The van der Waals surface area contributed by atoms with Crippen LogP contribution in [0.1, 0.15) is 13.8 Å². The molecule has 0 aromatic heterocycles. The van der Waals surface area contributed by atoms with Crippen molar-refractivity contribution in [1.82, 2.24) is 0 Å². The molecule has 0 N–H and O–H groups in total. The van der Waals surface area contributed by atoms with Gasteiger partial charge in [-0.1, -0.05) is 6.58 Å². The quantitative estimate of drug-likeness (QED) is 0.276. The van der Waals surface area contributed by atoms with Crippen LogP contribution >= 0.6 is 12.6 Å². The molecule has 0 amide bonds. The molecule has 0 aromatic carbocycles. The lowest BCUT2D eigenvalue weighted by Crippen LogP contribution is -2.19. The van der Waals surface area contributed by atoms with E-state index >= 15 is 0 Å². The van der Waals surface area contributed by atoms with Gasteiger partial charge in [0.15, 0.2) is 0 Å². The van der Waals surface area contributed by atoms with Gasteiger partial charge in [-0.2, -0.15) is 0 Å². The summed E-state index contributed by atoms with van der Waals surface area (Å²) in [6.07, 6.45) is 1.11. The highest BCUT2D eigenvalue weighted by atomic mass is 32.1. The Balaban J connectivity index is 3.74. The van der Waals surface area contributed by atoms with Crippen LogP contribution in [0.25, 0.3) is 0 Å². The summed E-state index contributed by atoms with van der Waals surface area (Å²) in [5.74, 6) is -0.449. The van der Waals surface area contributed by atoms with Crippen molar-refractivity contribution in [2.75, 3.05) is 0 Å². The Hall–Kier alpha value is -0.440. The number of carbonyl (C=O) groups is 1. The molecule has 0 heterocycles. The summed E-state index contributed by atoms with van der Waals surface area (Å²) in [7, 11) is 0. The van der Waals surface area contributed by atoms with Crippen molar-refractivity contribution in [2.24, 2.45) is 0 Å². The predicted octanol–water partition coefficient (Wildman–Crippen LogP) is 1.38. The average Bonchev–Trinajstić information content (AvgIpc) is 1.62. The Morgan fingerprint density at radius 2 is 2.22 bits per heavy atom. The first kappa shape index (κ1) is 8.56. The van der Waals surface area contributed by atoms with Gasteiger partial charge in [-0.3, -0.25) is 0 Å². The molecule has 0 aromatic rings. The van der Waals surface area contributed by atoms with Crippen molar-refractivity contribution in [3.63, 3.8) is 0 Å². The van der Waals surface area contributed by atoms with Crippen LogP contribution in [0.3, 0.4) is 0 Å². The third kappa shape index (κ3) is 5.43. The Morgan fingerprint density at radius 1 is 1.78 bits per heavy atom. The Morgan fingerprint density at radius 3 is 2.33 bits per heavy atom. The Labute approximate surface area is 60.3 Å². The van der Waals surface area contributed by atoms with E-state index in [-0.39, 0.29) is 0 Å². The minimum absolute atomic E-state index is 0.449. The Bertz CT molecular complexity index is 124. The van der Waals surface area contributed by atoms with E-state index in [0.717, 1.165) is 6.08 Å². The first-order valence-electron chi connectivity index (χ1n) is 2.53. The van der Waals surface area contributed by atoms with Crippen molar-refractivity contribution in [3.05, 3.63) is 12.7 Å².